The molecular formula is C14H10O2S. The highest BCUT2D eigenvalue weighted by Gasteiger charge is 2.08. The smallest absolute Gasteiger partial charge is 0.308 e. The highest BCUT2D eigenvalue weighted by molar-refractivity contribution is 7.17. The standard InChI is InChI=1S/C14H10O2S/c1-9(15)16-13-8-17-14-7-11-5-3-2-4-10(11)6-12(13)14/h2-8H,1H3. The van der Waals surface area contributed by atoms with E-state index in [4.69, 9.17) is 4.74 Å². The van der Waals surface area contributed by atoms with Crippen molar-refractivity contribution >= 4 is 38.2 Å². The van der Waals surface area contributed by atoms with Crippen molar-refractivity contribution in [3.05, 3.63) is 41.8 Å². The molecule has 3 rings (SSSR count). The third-order valence-electron chi connectivity index (χ3n) is 2.66. The van der Waals surface area contributed by atoms with Crippen LogP contribution in [0.4, 0.5) is 0 Å². The van der Waals surface area contributed by atoms with Gasteiger partial charge in [0, 0.05) is 22.4 Å². The van der Waals surface area contributed by atoms with Crippen molar-refractivity contribution in [3.63, 3.8) is 0 Å². The van der Waals surface area contributed by atoms with Gasteiger partial charge in [-0.05, 0) is 22.9 Å². The fraction of sp³-hybridized carbons (Fsp3) is 0.0714. The Balaban J connectivity index is 2.27. The summed E-state index contributed by atoms with van der Waals surface area (Å²) in [6.45, 7) is 1.42. The molecule has 0 aliphatic carbocycles. The molecule has 0 unspecified atom stereocenters. The number of ether oxygens (including phenoxy) is 1. The summed E-state index contributed by atoms with van der Waals surface area (Å²) in [5.41, 5.74) is 0. The van der Waals surface area contributed by atoms with Crippen molar-refractivity contribution in [3.8, 4) is 5.75 Å². The van der Waals surface area contributed by atoms with E-state index in [1.165, 1.54) is 12.3 Å². The third kappa shape index (κ3) is 1.78. The van der Waals surface area contributed by atoms with Gasteiger partial charge in [0.25, 0.3) is 0 Å². The summed E-state index contributed by atoms with van der Waals surface area (Å²) in [5.74, 6) is 0.376. The molecule has 0 saturated carbocycles. The number of benzene rings is 2. The average molecular weight is 242 g/mol. The molecular weight excluding hydrogens is 232 g/mol. The van der Waals surface area contributed by atoms with E-state index < -0.39 is 0 Å². The number of carbonyl (C=O) groups excluding carboxylic acids is 1. The van der Waals surface area contributed by atoms with Crippen LogP contribution in [0.1, 0.15) is 6.92 Å². The Labute approximate surface area is 102 Å². The second-order valence-corrected chi connectivity index (χ2v) is 4.80. The quantitative estimate of drug-likeness (QED) is 0.603. The maximum Gasteiger partial charge on any atom is 0.308 e. The zero-order valence-electron chi connectivity index (χ0n) is 9.27. The molecule has 3 aromatic rings. The van der Waals surface area contributed by atoms with Crippen molar-refractivity contribution < 1.29 is 9.53 Å². The molecule has 0 fully saturated rings. The summed E-state index contributed by atoms with van der Waals surface area (Å²) in [7, 11) is 0. The van der Waals surface area contributed by atoms with Crippen LogP contribution < -0.4 is 4.74 Å². The molecule has 0 spiro atoms. The Kier molecular flexibility index (Phi) is 2.34. The molecule has 0 bridgehead atoms. The average Bonchev–Trinajstić information content (AvgIpc) is 2.68. The molecule has 0 aliphatic heterocycles. The van der Waals surface area contributed by atoms with E-state index in [1.54, 1.807) is 11.3 Å². The normalized spacial score (nSPS) is 10.9. The molecule has 3 heteroatoms. The molecule has 84 valence electrons. The van der Waals surface area contributed by atoms with E-state index in [0.29, 0.717) is 5.75 Å². The first-order valence-electron chi connectivity index (χ1n) is 5.32. The summed E-state index contributed by atoms with van der Waals surface area (Å²) in [6.07, 6.45) is 0. The van der Waals surface area contributed by atoms with E-state index in [9.17, 15) is 4.79 Å². The predicted molar refractivity (Wildman–Crippen MR) is 70.6 cm³/mol. The number of hydrogen-bond donors (Lipinski definition) is 0. The molecule has 0 amide bonds. The molecule has 0 atom stereocenters. The van der Waals surface area contributed by atoms with E-state index in [-0.39, 0.29) is 5.97 Å². The Bertz CT molecular complexity index is 712. The minimum Gasteiger partial charge on any atom is -0.425 e. The molecule has 2 aromatic carbocycles. The lowest BCUT2D eigenvalue weighted by molar-refractivity contribution is -0.131. The summed E-state index contributed by atoms with van der Waals surface area (Å²) in [4.78, 5) is 11.0. The van der Waals surface area contributed by atoms with Crippen LogP contribution in [-0.2, 0) is 4.79 Å². The van der Waals surface area contributed by atoms with Gasteiger partial charge < -0.3 is 4.74 Å². The first kappa shape index (κ1) is 10.3. The van der Waals surface area contributed by atoms with Gasteiger partial charge in [-0.2, -0.15) is 0 Å². The van der Waals surface area contributed by atoms with Crippen LogP contribution in [-0.4, -0.2) is 5.97 Å². The van der Waals surface area contributed by atoms with Gasteiger partial charge in [0.15, 0.2) is 0 Å². The second kappa shape index (κ2) is 3.86. The molecule has 0 aliphatic rings. The maximum atomic E-state index is 11.0. The van der Waals surface area contributed by atoms with Crippen molar-refractivity contribution in [2.24, 2.45) is 0 Å². The number of esters is 1. The largest absolute Gasteiger partial charge is 0.425 e. The van der Waals surface area contributed by atoms with Gasteiger partial charge >= 0.3 is 5.97 Å². The Morgan fingerprint density at radius 2 is 1.88 bits per heavy atom. The summed E-state index contributed by atoms with van der Waals surface area (Å²) < 4.78 is 6.33. The highest BCUT2D eigenvalue weighted by Crippen LogP contribution is 2.35. The number of thiophene rings is 1. The van der Waals surface area contributed by atoms with E-state index >= 15 is 0 Å². The number of rotatable bonds is 1. The van der Waals surface area contributed by atoms with Gasteiger partial charge in [0.2, 0.25) is 0 Å². The van der Waals surface area contributed by atoms with Crippen LogP contribution in [0.3, 0.4) is 0 Å². The van der Waals surface area contributed by atoms with Gasteiger partial charge in [-0.25, -0.2) is 0 Å². The van der Waals surface area contributed by atoms with Gasteiger partial charge in [-0.15, -0.1) is 11.3 Å². The van der Waals surface area contributed by atoms with Gasteiger partial charge in [-0.3, -0.25) is 4.79 Å². The zero-order chi connectivity index (χ0) is 11.8. The fourth-order valence-electron chi connectivity index (χ4n) is 1.92. The zero-order valence-corrected chi connectivity index (χ0v) is 10.1. The molecule has 1 heterocycles. The number of hydrogen-bond acceptors (Lipinski definition) is 3. The number of fused-ring (bicyclic) bond motifs is 2. The number of carbonyl (C=O) groups is 1. The van der Waals surface area contributed by atoms with Gasteiger partial charge in [0.1, 0.15) is 5.75 Å². The van der Waals surface area contributed by atoms with Crippen LogP contribution in [0.5, 0.6) is 5.75 Å². The molecule has 17 heavy (non-hydrogen) atoms. The summed E-state index contributed by atoms with van der Waals surface area (Å²) in [5, 5.41) is 5.25. The van der Waals surface area contributed by atoms with Crippen LogP contribution in [0.2, 0.25) is 0 Å². The molecule has 1 aromatic heterocycles. The van der Waals surface area contributed by atoms with E-state index in [2.05, 4.69) is 24.3 Å². The first-order valence-corrected chi connectivity index (χ1v) is 6.20. The lowest BCUT2D eigenvalue weighted by Crippen LogP contribution is -2.00. The Morgan fingerprint density at radius 1 is 1.18 bits per heavy atom. The van der Waals surface area contributed by atoms with Crippen molar-refractivity contribution in [1.82, 2.24) is 0 Å². The predicted octanol–water partition coefficient (Wildman–Crippen LogP) is 3.98. The second-order valence-electron chi connectivity index (χ2n) is 3.89. The van der Waals surface area contributed by atoms with Crippen molar-refractivity contribution in [2.75, 3.05) is 0 Å². The van der Waals surface area contributed by atoms with E-state index in [0.717, 1.165) is 15.5 Å². The van der Waals surface area contributed by atoms with Crippen LogP contribution >= 0.6 is 11.3 Å². The molecule has 0 N–H and O–H groups in total. The maximum absolute atomic E-state index is 11.0. The van der Waals surface area contributed by atoms with Crippen LogP contribution in [0.25, 0.3) is 20.9 Å². The van der Waals surface area contributed by atoms with E-state index in [1.807, 2.05) is 17.5 Å². The first-order chi connectivity index (χ1) is 8.24. The minimum absolute atomic E-state index is 0.280. The monoisotopic (exact) mass is 242 g/mol. The lowest BCUT2D eigenvalue weighted by Gasteiger charge is -2.01. The van der Waals surface area contributed by atoms with Gasteiger partial charge in [0.05, 0.1) is 0 Å². The Morgan fingerprint density at radius 3 is 2.59 bits per heavy atom. The summed E-state index contributed by atoms with van der Waals surface area (Å²) >= 11 is 1.59. The Hall–Kier alpha value is -1.87. The van der Waals surface area contributed by atoms with Crippen molar-refractivity contribution in [2.45, 2.75) is 6.92 Å². The van der Waals surface area contributed by atoms with Crippen LogP contribution in [0.15, 0.2) is 41.8 Å². The third-order valence-corrected chi connectivity index (χ3v) is 3.58. The SMILES string of the molecule is CC(=O)Oc1csc2cc3ccccc3cc12. The molecule has 0 saturated heterocycles. The molecule has 2 nitrogen and oxygen atoms in total. The van der Waals surface area contributed by atoms with Crippen LogP contribution in [0, 0.1) is 0 Å². The summed E-state index contributed by atoms with van der Waals surface area (Å²) in [6, 6.07) is 12.4. The topological polar surface area (TPSA) is 26.3 Å². The van der Waals surface area contributed by atoms with Crippen molar-refractivity contribution in [1.29, 1.82) is 0 Å². The lowest BCUT2D eigenvalue weighted by atomic mass is 10.1. The minimum atomic E-state index is -0.280. The highest BCUT2D eigenvalue weighted by atomic mass is 32.1. The molecule has 0 radical (unpaired) electrons. The van der Waals surface area contributed by atoms with Gasteiger partial charge in [-0.1, -0.05) is 24.3 Å². The fourth-order valence-corrected chi connectivity index (χ4v) is 2.81.